The van der Waals surface area contributed by atoms with E-state index < -0.39 is 0 Å². The van der Waals surface area contributed by atoms with Gasteiger partial charge in [-0.25, -0.2) is 9.97 Å². The van der Waals surface area contributed by atoms with Crippen molar-refractivity contribution in [2.75, 3.05) is 6.54 Å². The summed E-state index contributed by atoms with van der Waals surface area (Å²) in [5.41, 5.74) is 5.64. The number of aromatic nitrogens is 3. The van der Waals surface area contributed by atoms with Crippen LogP contribution in [0.5, 0.6) is 0 Å². The number of hydrogen-bond acceptors (Lipinski definition) is 4. The lowest BCUT2D eigenvalue weighted by molar-refractivity contribution is -0.122. The fourth-order valence-electron chi connectivity index (χ4n) is 4.46. The molecule has 1 aromatic carbocycles. The smallest absolute Gasteiger partial charge is 0.227 e. The molecule has 1 fully saturated rings. The summed E-state index contributed by atoms with van der Waals surface area (Å²) in [7, 11) is 0. The summed E-state index contributed by atoms with van der Waals surface area (Å²) in [6.45, 7) is 4.79. The highest BCUT2D eigenvalue weighted by Gasteiger charge is 2.26. The second-order valence-corrected chi connectivity index (χ2v) is 8.65. The summed E-state index contributed by atoms with van der Waals surface area (Å²) in [5, 5.41) is 3.19. The van der Waals surface area contributed by atoms with E-state index in [0.29, 0.717) is 11.8 Å². The fourth-order valence-corrected chi connectivity index (χ4v) is 4.46. The number of benzene rings is 1. The van der Waals surface area contributed by atoms with E-state index in [1.54, 1.807) is 6.33 Å². The molecule has 1 saturated carbocycles. The van der Waals surface area contributed by atoms with Gasteiger partial charge in [0.25, 0.3) is 0 Å². The normalized spacial score (nSPS) is 19.5. The number of nitrogens with one attached hydrogen (secondary N) is 1. The third kappa shape index (κ3) is 5.16. The summed E-state index contributed by atoms with van der Waals surface area (Å²) >= 11 is 0. The van der Waals surface area contributed by atoms with Gasteiger partial charge in [-0.15, -0.1) is 0 Å². The third-order valence-electron chi connectivity index (χ3n) is 6.50. The Hall–Kier alpha value is -3.08. The molecule has 0 radical (unpaired) electrons. The minimum absolute atomic E-state index is 0.113. The van der Waals surface area contributed by atoms with Gasteiger partial charge >= 0.3 is 0 Å². The highest BCUT2D eigenvalue weighted by molar-refractivity contribution is 5.83. The van der Waals surface area contributed by atoms with E-state index in [4.69, 9.17) is 0 Å². The number of rotatable bonds is 6. The van der Waals surface area contributed by atoms with Crippen LogP contribution in [0, 0.1) is 12.8 Å². The molecule has 1 aliphatic carbocycles. The number of carbonyl (C=O) groups excluding carboxylic acids is 1. The van der Waals surface area contributed by atoms with Crippen molar-refractivity contribution in [3.8, 4) is 11.1 Å². The molecule has 31 heavy (non-hydrogen) atoms. The third-order valence-corrected chi connectivity index (χ3v) is 6.50. The van der Waals surface area contributed by atoms with Gasteiger partial charge in [0.2, 0.25) is 5.91 Å². The fraction of sp³-hybridized carbons (Fsp3) is 0.385. The molecular formula is C26H30N4O. The number of hydrogen-bond donors (Lipinski definition) is 1. The first-order valence-corrected chi connectivity index (χ1v) is 11.2. The van der Waals surface area contributed by atoms with Crippen molar-refractivity contribution in [2.45, 2.75) is 51.4 Å². The number of aryl methyl sites for hydroxylation is 1. The van der Waals surface area contributed by atoms with Gasteiger partial charge < -0.3 is 5.32 Å². The number of pyridine rings is 1. The van der Waals surface area contributed by atoms with Gasteiger partial charge in [-0.05, 0) is 68.7 Å². The van der Waals surface area contributed by atoms with Crippen LogP contribution in [-0.2, 0) is 4.79 Å². The minimum Gasteiger partial charge on any atom is -0.355 e. The van der Waals surface area contributed by atoms with Crippen LogP contribution >= 0.6 is 0 Å². The highest BCUT2D eigenvalue weighted by Crippen LogP contribution is 2.38. The summed E-state index contributed by atoms with van der Waals surface area (Å²) in [6, 6.07) is 12.2. The monoisotopic (exact) mass is 414 g/mol. The molecule has 0 saturated heterocycles. The molecular weight excluding hydrogens is 384 g/mol. The predicted octanol–water partition coefficient (Wildman–Crippen LogP) is 5.04. The molecule has 0 spiro atoms. The Labute approximate surface area is 184 Å². The van der Waals surface area contributed by atoms with Crippen LogP contribution in [0.3, 0.4) is 0 Å². The maximum atomic E-state index is 12.6. The molecule has 5 nitrogen and oxygen atoms in total. The van der Waals surface area contributed by atoms with E-state index in [1.165, 1.54) is 5.56 Å². The lowest BCUT2D eigenvalue weighted by atomic mass is 9.79. The molecule has 3 aromatic rings. The highest BCUT2D eigenvalue weighted by atomic mass is 16.1. The van der Waals surface area contributed by atoms with Crippen LogP contribution in [0.15, 0.2) is 61.3 Å². The Bertz CT molecular complexity index is 995. The first-order valence-electron chi connectivity index (χ1n) is 11.2. The Balaban J connectivity index is 1.32. The van der Waals surface area contributed by atoms with E-state index in [0.717, 1.165) is 54.6 Å². The average Bonchev–Trinajstić information content (AvgIpc) is 2.83. The Kier molecular flexibility index (Phi) is 6.70. The Morgan fingerprint density at radius 3 is 2.45 bits per heavy atom. The molecule has 1 amide bonds. The van der Waals surface area contributed by atoms with Crippen LogP contribution in [0.25, 0.3) is 11.1 Å². The topological polar surface area (TPSA) is 67.8 Å². The van der Waals surface area contributed by atoms with E-state index in [-0.39, 0.29) is 11.8 Å². The average molecular weight is 415 g/mol. The van der Waals surface area contributed by atoms with Gasteiger partial charge in [0, 0.05) is 36.6 Å². The summed E-state index contributed by atoms with van der Waals surface area (Å²) in [6.07, 6.45) is 11.6. The van der Waals surface area contributed by atoms with E-state index in [9.17, 15) is 4.79 Å². The number of amides is 1. The van der Waals surface area contributed by atoms with Crippen LogP contribution < -0.4 is 5.32 Å². The molecule has 1 atom stereocenters. The summed E-state index contributed by atoms with van der Waals surface area (Å²) in [4.78, 5) is 25.6. The molecule has 1 N–H and O–H groups in total. The van der Waals surface area contributed by atoms with Gasteiger partial charge in [-0.1, -0.05) is 29.8 Å². The molecule has 2 aromatic heterocycles. The van der Waals surface area contributed by atoms with E-state index in [1.807, 2.05) is 49.8 Å². The lowest BCUT2D eigenvalue weighted by Crippen LogP contribution is -2.33. The maximum absolute atomic E-state index is 12.6. The molecule has 1 aliphatic rings. The number of carbonyl (C=O) groups is 1. The summed E-state index contributed by atoms with van der Waals surface area (Å²) < 4.78 is 0. The number of nitrogens with zero attached hydrogens (tertiary/aromatic N) is 3. The van der Waals surface area contributed by atoms with Crippen molar-refractivity contribution in [3.63, 3.8) is 0 Å². The molecule has 0 bridgehead atoms. The molecule has 0 aliphatic heterocycles. The van der Waals surface area contributed by atoms with E-state index in [2.05, 4.69) is 39.3 Å². The van der Waals surface area contributed by atoms with Gasteiger partial charge in [0.15, 0.2) is 0 Å². The molecule has 4 rings (SSSR count). The zero-order chi connectivity index (χ0) is 21.6. The standard InChI is InChI=1S/C26H30N4O/c1-18-3-7-21(8-4-18)19(2)26(31)29-15-20-5-9-23(10-6-20)25-24(16-28-17-30-25)22-11-13-27-14-12-22/h3-4,7-8,11-14,16-17,19-20,23H,5-6,9-10,15H2,1-2H3,(H,29,31)/t19-,20?,23?/m0/s1. The quantitative estimate of drug-likeness (QED) is 0.613. The first-order chi connectivity index (χ1) is 15.1. The van der Waals surface area contributed by atoms with Crippen molar-refractivity contribution >= 4 is 5.91 Å². The predicted molar refractivity (Wildman–Crippen MR) is 123 cm³/mol. The molecule has 5 heteroatoms. The van der Waals surface area contributed by atoms with Crippen LogP contribution in [0.1, 0.15) is 61.3 Å². The first kappa shape index (κ1) is 21.2. The largest absolute Gasteiger partial charge is 0.355 e. The van der Waals surface area contributed by atoms with Crippen molar-refractivity contribution in [2.24, 2.45) is 5.92 Å². The Morgan fingerprint density at radius 1 is 1.03 bits per heavy atom. The zero-order valence-electron chi connectivity index (χ0n) is 18.3. The van der Waals surface area contributed by atoms with Crippen molar-refractivity contribution in [3.05, 3.63) is 78.1 Å². The van der Waals surface area contributed by atoms with Gasteiger partial charge in [-0.2, -0.15) is 0 Å². The lowest BCUT2D eigenvalue weighted by Gasteiger charge is -2.29. The van der Waals surface area contributed by atoms with Crippen LogP contribution in [0.4, 0.5) is 0 Å². The molecule has 160 valence electrons. The molecule has 0 unspecified atom stereocenters. The summed E-state index contributed by atoms with van der Waals surface area (Å²) in [5.74, 6) is 0.948. The Morgan fingerprint density at radius 2 is 1.74 bits per heavy atom. The van der Waals surface area contributed by atoms with Gasteiger partial charge in [0.05, 0.1) is 11.6 Å². The van der Waals surface area contributed by atoms with Crippen molar-refractivity contribution in [1.29, 1.82) is 0 Å². The maximum Gasteiger partial charge on any atom is 0.227 e. The SMILES string of the molecule is Cc1ccc([C@H](C)C(=O)NCC2CCC(c3ncncc3-c3ccncc3)CC2)cc1. The second-order valence-electron chi connectivity index (χ2n) is 8.65. The van der Waals surface area contributed by atoms with Gasteiger partial charge in [-0.3, -0.25) is 9.78 Å². The van der Waals surface area contributed by atoms with Crippen molar-refractivity contribution < 1.29 is 4.79 Å². The second kappa shape index (κ2) is 9.82. The van der Waals surface area contributed by atoms with Crippen LogP contribution in [0.2, 0.25) is 0 Å². The molecule has 2 heterocycles. The van der Waals surface area contributed by atoms with Crippen LogP contribution in [-0.4, -0.2) is 27.4 Å². The van der Waals surface area contributed by atoms with Crippen molar-refractivity contribution in [1.82, 2.24) is 20.3 Å². The zero-order valence-corrected chi connectivity index (χ0v) is 18.3. The van der Waals surface area contributed by atoms with Gasteiger partial charge in [0.1, 0.15) is 6.33 Å². The van der Waals surface area contributed by atoms with E-state index >= 15 is 0 Å². The minimum atomic E-state index is -0.124.